The molecule has 1 N–H and O–H groups in total. The highest BCUT2D eigenvalue weighted by molar-refractivity contribution is 7.14. The maximum absolute atomic E-state index is 12.3. The molecule has 2 rings (SSSR count). The van der Waals surface area contributed by atoms with Crippen LogP contribution in [-0.2, 0) is 10.8 Å². The van der Waals surface area contributed by atoms with E-state index in [4.69, 9.17) is 0 Å². The first kappa shape index (κ1) is 16.8. The largest absolute Gasteiger partial charge is 0.321 e. The Balaban J connectivity index is 2.11. The molecule has 0 unspecified atom stereocenters. The smallest absolute Gasteiger partial charge is 0.265 e. The number of amides is 1. The van der Waals surface area contributed by atoms with Crippen molar-refractivity contribution in [2.24, 2.45) is 0 Å². The lowest BCUT2D eigenvalue weighted by Gasteiger charge is -2.19. The molecule has 0 bridgehead atoms. The number of hydrogen-bond acceptors (Lipinski definition) is 2. The molecule has 0 atom stereocenters. The van der Waals surface area contributed by atoms with Crippen molar-refractivity contribution in [3.8, 4) is 0 Å². The lowest BCUT2D eigenvalue weighted by Crippen LogP contribution is -2.13. The fourth-order valence-corrected chi connectivity index (χ4v) is 3.07. The van der Waals surface area contributed by atoms with Crippen LogP contribution >= 0.6 is 11.3 Å². The van der Waals surface area contributed by atoms with Gasteiger partial charge in [-0.05, 0) is 40.7 Å². The zero-order chi connectivity index (χ0) is 16.5. The van der Waals surface area contributed by atoms with Crippen LogP contribution in [0.25, 0.3) is 0 Å². The van der Waals surface area contributed by atoms with E-state index in [-0.39, 0.29) is 16.7 Å². The molecule has 0 saturated carbocycles. The van der Waals surface area contributed by atoms with E-state index in [1.165, 1.54) is 10.4 Å². The summed E-state index contributed by atoms with van der Waals surface area (Å²) in [6.45, 7) is 13.0. The number of rotatable bonds is 2. The summed E-state index contributed by atoms with van der Waals surface area (Å²) >= 11 is 1.56. The minimum atomic E-state index is -0.0380. The van der Waals surface area contributed by atoms with Crippen LogP contribution in [0.5, 0.6) is 0 Å². The molecule has 1 aromatic carbocycles. The van der Waals surface area contributed by atoms with E-state index in [1.54, 1.807) is 11.3 Å². The number of carbonyl (C=O) groups excluding carboxylic acids is 1. The minimum absolute atomic E-state index is 0.0380. The minimum Gasteiger partial charge on any atom is -0.321 e. The van der Waals surface area contributed by atoms with Crippen LogP contribution in [0.15, 0.2) is 36.4 Å². The first-order chi connectivity index (χ1) is 10.1. The van der Waals surface area contributed by atoms with E-state index >= 15 is 0 Å². The highest BCUT2D eigenvalue weighted by atomic mass is 32.1. The van der Waals surface area contributed by atoms with Gasteiger partial charge in [-0.2, -0.15) is 0 Å². The molecular formula is C19H25NOS. The van der Waals surface area contributed by atoms with Gasteiger partial charge in [0.15, 0.2) is 0 Å². The molecule has 0 spiro atoms. The lowest BCUT2D eigenvalue weighted by atomic mass is 9.87. The number of nitrogens with one attached hydrogen (secondary N) is 1. The molecule has 1 amide bonds. The van der Waals surface area contributed by atoms with Crippen molar-refractivity contribution in [2.75, 3.05) is 5.32 Å². The number of carbonyl (C=O) groups is 1. The standard InChI is InChI=1S/C19H25NOS/c1-18(2,3)13-7-9-14(10-8-13)20-17(21)15-11-12-16(22-15)19(4,5)6/h7-12H,1-6H3,(H,20,21). The summed E-state index contributed by atoms with van der Waals surface area (Å²) in [6.07, 6.45) is 0. The van der Waals surface area contributed by atoms with Crippen molar-refractivity contribution in [1.82, 2.24) is 0 Å². The molecule has 3 heteroatoms. The normalized spacial score (nSPS) is 12.3. The Morgan fingerprint density at radius 2 is 1.45 bits per heavy atom. The van der Waals surface area contributed by atoms with Crippen molar-refractivity contribution in [1.29, 1.82) is 0 Å². The van der Waals surface area contributed by atoms with E-state index in [2.05, 4.69) is 59.0 Å². The maximum Gasteiger partial charge on any atom is 0.265 e. The average Bonchev–Trinajstić information content (AvgIpc) is 2.87. The highest BCUT2D eigenvalue weighted by Gasteiger charge is 2.19. The summed E-state index contributed by atoms with van der Waals surface area (Å²) in [7, 11) is 0. The van der Waals surface area contributed by atoms with Gasteiger partial charge < -0.3 is 5.32 Å². The number of benzene rings is 1. The predicted octanol–water partition coefficient (Wildman–Crippen LogP) is 5.60. The van der Waals surface area contributed by atoms with Gasteiger partial charge in [0.1, 0.15) is 0 Å². The van der Waals surface area contributed by atoms with Crippen molar-refractivity contribution in [3.05, 3.63) is 51.7 Å². The Morgan fingerprint density at radius 1 is 0.864 bits per heavy atom. The molecule has 118 valence electrons. The second-order valence-corrected chi connectivity index (χ2v) is 8.78. The molecule has 0 radical (unpaired) electrons. The molecule has 0 aliphatic heterocycles. The van der Waals surface area contributed by atoms with Crippen molar-refractivity contribution < 1.29 is 4.79 Å². The van der Waals surface area contributed by atoms with Gasteiger partial charge in [0.05, 0.1) is 4.88 Å². The molecule has 2 aromatic rings. The first-order valence-electron chi connectivity index (χ1n) is 7.59. The fourth-order valence-electron chi connectivity index (χ4n) is 2.11. The molecule has 0 saturated heterocycles. The molecule has 1 heterocycles. The van der Waals surface area contributed by atoms with Crippen LogP contribution in [0, 0.1) is 0 Å². The number of anilines is 1. The molecule has 2 nitrogen and oxygen atoms in total. The Hall–Kier alpha value is -1.61. The third-order valence-electron chi connectivity index (χ3n) is 3.58. The Labute approximate surface area is 137 Å². The summed E-state index contributed by atoms with van der Waals surface area (Å²) in [6, 6.07) is 12.0. The quantitative estimate of drug-likeness (QED) is 0.768. The molecule has 0 fully saturated rings. The predicted molar refractivity (Wildman–Crippen MR) is 96.1 cm³/mol. The van der Waals surface area contributed by atoms with Gasteiger partial charge >= 0.3 is 0 Å². The Morgan fingerprint density at radius 3 is 1.91 bits per heavy atom. The van der Waals surface area contributed by atoms with Crippen LogP contribution in [0.1, 0.15) is 61.7 Å². The van der Waals surface area contributed by atoms with E-state index in [0.29, 0.717) is 0 Å². The van der Waals surface area contributed by atoms with E-state index < -0.39 is 0 Å². The van der Waals surface area contributed by atoms with E-state index in [9.17, 15) is 4.79 Å². The van der Waals surface area contributed by atoms with E-state index in [1.807, 2.05) is 24.3 Å². The van der Waals surface area contributed by atoms with Gasteiger partial charge in [0.25, 0.3) is 5.91 Å². The SMILES string of the molecule is CC(C)(C)c1ccc(NC(=O)c2ccc(C(C)(C)C)s2)cc1. The maximum atomic E-state index is 12.3. The van der Waals surface area contributed by atoms with Crippen LogP contribution in [0.2, 0.25) is 0 Å². The Kier molecular flexibility index (Phi) is 4.48. The van der Waals surface area contributed by atoms with Crippen molar-refractivity contribution in [2.45, 2.75) is 52.4 Å². The van der Waals surface area contributed by atoms with Gasteiger partial charge in [0.2, 0.25) is 0 Å². The lowest BCUT2D eigenvalue weighted by molar-refractivity contribution is 0.103. The summed E-state index contributed by atoms with van der Waals surface area (Å²) < 4.78 is 0. The molecule has 0 aliphatic carbocycles. The van der Waals surface area contributed by atoms with Crippen LogP contribution in [-0.4, -0.2) is 5.91 Å². The van der Waals surface area contributed by atoms with Crippen LogP contribution < -0.4 is 5.32 Å². The number of hydrogen-bond donors (Lipinski definition) is 1. The summed E-state index contributed by atoms with van der Waals surface area (Å²) in [5.74, 6) is -0.0380. The second-order valence-electron chi connectivity index (χ2n) is 7.70. The third kappa shape index (κ3) is 3.98. The summed E-state index contributed by atoms with van der Waals surface area (Å²) in [5.41, 5.74) is 2.30. The average molecular weight is 315 g/mol. The summed E-state index contributed by atoms with van der Waals surface area (Å²) in [5, 5.41) is 2.97. The van der Waals surface area contributed by atoms with Gasteiger partial charge in [-0.25, -0.2) is 0 Å². The molecule has 0 aliphatic rings. The molecule has 1 aromatic heterocycles. The van der Waals surface area contributed by atoms with Crippen LogP contribution in [0.3, 0.4) is 0 Å². The zero-order valence-electron chi connectivity index (χ0n) is 14.3. The van der Waals surface area contributed by atoms with Crippen molar-refractivity contribution >= 4 is 22.9 Å². The zero-order valence-corrected chi connectivity index (χ0v) is 15.1. The summed E-state index contributed by atoms with van der Waals surface area (Å²) in [4.78, 5) is 14.3. The molecule has 22 heavy (non-hydrogen) atoms. The highest BCUT2D eigenvalue weighted by Crippen LogP contribution is 2.30. The second kappa shape index (κ2) is 5.88. The van der Waals surface area contributed by atoms with Crippen LogP contribution in [0.4, 0.5) is 5.69 Å². The van der Waals surface area contributed by atoms with E-state index in [0.717, 1.165) is 10.6 Å². The third-order valence-corrected chi connectivity index (χ3v) is 5.09. The van der Waals surface area contributed by atoms with Gasteiger partial charge in [-0.15, -0.1) is 11.3 Å². The van der Waals surface area contributed by atoms with Crippen molar-refractivity contribution in [3.63, 3.8) is 0 Å². The number of thiophene rings is 1. The fraction of sp³-hybridized carbons (Fsp3) is 0.421. The molecular weight excluding hydrogens is 290 g/mol. The monoisotopic (exact) mass is 315 g/mol. The Bertz CT molecular complexity index is 654. The van der Waals surface area contributed by atoms with Gasteiger partial charge in [0, 0.05) is 10.6 Å². The van der Waals surface area contributed by atoms with Gasteiger partial charge in [-0.1, -0.05) is 53.7 Å². The topological polar surface area (TPSA) is 29.1 Å². The van der Waals surface area contributed by atoms with Gasteiger partial charge in [-0.3, -0.25) is 4.79 Å². The first-order valence-corrected chi connectivity index (χ1v) is 8.41.